The van der Waals surface area contributed by atoms with E-state index in [-0.39, 0.29) is 17.9 Å². The zero-order valence-corrected chi connectivity index (χ0v) is 16.2. The van der Waals surface area contributed by atoms with Gasteiger partial charge in [-0.15, -0.1) is 11.3 Å². The molecule has 0 saturated carbocycles. The fraction of sp³-hybridized carbons (Fsp3) is 0.500. The molecular formula is C18H24N6O2S. The Bertz CT molecular complexity index is 794. The molecule has 0 aliphatic carbocycles. The normalized spacial score (nSPS) is 17.0. The van der Waals surface area contributed by atoms with Crippen molar-refractivity contribution in [1.29, 1.82) is 0 Å². The summed E-state index contributed by atoms with van der Waals surface area (Å²) in [7, 11) is 0. The van der Waals surface area contributed by atoms with Crippen molar-refractivity contribution in [2.45, 2.75) is 38.6 Å². The molecule has 0 radical (unpaired) electrons. The molecule has 3 rings (SSSR count). The molecule has 1 fully saturated rings. The van der Waals surface area contributed by atoms with Gasteiger partial charge in [-0.05, 0) is 32.3 Å². The van der Waals surface area contributed by atoms with Crippen LogP contribution >= 0.6 is 11.3 Å². The van der Waals surface area contributed by atoms with E-state index < -0.39 is 0 Å². The SMILES string of the molecule is Cc1nc(-c2ncccn2)sc1C(=O)N1CCCCC1CNC(=O)CCN. The molecule has 27 heavy (non-hydrogen) atoms. The van der Waals surface area contributed by atoms with Crippen LogP contribution in [0.25, 0.3) is 10.8 Å². The summed E-state index contributed by atoms with van der Waals surface area (Å²) < 4.78 is 0. The number of nitrogens with zero attached hydrogens (tertiary/aromatic N) is 4. The summed E-state index contributed by atoms with van der Waals surface area (Å²) in [4.78, 5) is 40.3. The molecule has 3 heterocycles. The van der Waals surface area contributed by atoms with Gasteiger partial charge in [0, 0.05) is 44.5 Å². The molecule has 0 spiro atoms. The first-order valence-corrected chi connectivity index (χ1v) is 9.94. The number of hydrogen-bond acceptors (Lipinski definition) is 7. The standard InChI is InChI=1S/C18H24N6O2S/c1-12-15(27-17(23-12)16-20-8-4-9-21-16)18(26)24-10-3-2-5-13(24)11-22-14(25)6-7-19/h4,8-9,13H,2-3,5-7,10-11,19H2,1H3,(H,22,25). The number of thiazole rings is 1. The van der Waals surface area contributed by atoms with Crippen LogP contribution < -0.4 is 11.1 Å². The van der Waals surface area contributed by atoms with Crippen molar-refractivity contribution in [3.63, 3.8) is 0 Å². The number of carbonyl (C=O) groups is 2. The highest BCUT2D eigenvalue weighted by molar-refractivity contribution is 7.17. The molecule has 1 saturated heterocycles. The number of likely N-dealkylation sites (tertiary alicyclic amines) is 1. The van der Waals surface area contributed by atoms with E-state index in [9.17, 15) is 9.59 Å². The predicted molar refractivity (Wildman–Crippen MR) is 103 cm³/mol. The van der Waals surface area contributed by atoms with Crippen LogP contribution in [-0.4, -0.2) is 57.3 Å². The molecule has 3 N–H and O–H groups in total. The van der Waals surface area contributed by atoms with Gasteiger partial charge < -0.3 is 16.0 Å². The summed E-state index contributed by atoms with van der Waals surface area (Å²) >= 11 is 1.32. The van der Waals surface area contributed by atoms with Crippen LogP contribution in [-0.2, 0) is 4.79 Å². The van der Waals surface area contributed by atoms with Crippen LogP contribution in [0.3, 0.4) is 0 Å². The Morgan fingerprint density at radius 2 is 2.11 bits per heavy atom. The first-order chi connectivity index (χ1) is 13.1. The van der Waals surface area contributed by atoms with Crippen LogP contribution in [0.4, 0.5) is 0 Å². The molecule has 0 aromatic carbocycles. The minimum atomic E-state index is -0.0760. The number of rotatable bonds is 6. The Labute approximate surface area is 162 Å². The summed E-state index contributed by atoms with van der Waals surface area (Å²) in [5, 5.41) is 3.53. The zero-order valence-electron chi connectivity index (χ0n) is 15.4. The summed E-state index contributed by atoms with van der Waals surface area (Å²) in [5.41, 5.74) is 6.10. The summed E-state index contributed by atoms with van der Waals surface area (Å²) in [6, 6.07) is 1.73. The third-order valence-electron chi connectivity index (χ3n) is 4.54. The average molecular weight is 388 g/mol. The van der Waals surface area contributed by atoms with Crippen molar-refractivity contribution in [2.75, 3.05) is 19.6 Å². The minimum absolute atomic E-state index is 0.00843. The van der Waals surface area contributed by atoms with Crippen molar-refractivity contribution in [3.8, 4) is 10.8 Å². The Balaban J connectivity index is 1.75. The van der Waals surface area contributed by atoms with Gasteiger partial charge in [-0.3, -0.25) is 9.59 Å². The molecule has 0 bridgehead atoms. The van der Waals surface area contributed by atoms with E-state index in [0.717, 1.165) is 19.3 Å². The van der Waals surface area contributed by atoms with Gasteiger partial charge in [0.15, 0.2) is 10.8 Å². The van der Waals surface area contributed by atoms with Crippen LogP contribution in [0.2, 0.25) is 0 Å². The second-order valence-corrected chi connectivity index (χ2v) is 7.50. The summed E-state index contributed by atoms with van der Waals surface area (Å²) in [6.45, 7) is 3.30. The fourth-order valence-corrected chi connectivity index (χ4v) is 4.13. The monoisotopic (exact) mass is 388 g/mol. The molecule has 2 amide bonds. The Kier molecular flexibility index (Phi) is 6.46. The van der Waals surface area contributed by atoms with E-state index >= 15 is 0 Å². The number of nitrogens with two attached hydrogens (primary N) is 1. The van der Waals surface area contributed by atoms with Gasteiger partial charge in [-0.1, -0.05) is 0 Å². The summed E-state index contributed by atoms with van der Waals surface area (Å²) in [5.74, 6) is 0.409. The molecule has 9 heteroatoms. The molecule has 8 nitrogen and oxygen atoms in total. The smallest absolute Gasteiger partial charge is 0.266 e. The molecular weight excluding hydrogens is 364 g/mol. The average Bonchev–Trinajstić information content (AvgIpc) is 3.09. The van der Waals surface area contributed by atoms with Crippen molar-refractivity contribution in [2.24, 2.45) is 5.73 Å². The number of nitrogens with one attached hydrogen (secondary N) is 1. The minimum Gasteiger partial charge on any atom is -0.354 e. The zero-order chi connectivity index (χ0) is 19.2. The number of piperidine rings is 1. The van der Waals surface area contributed by atoms with Gasteiger partial charge in [0.25, 0.3) is 5.91 Å². The third kappa shape index (κ3) is 4.67. The lowest BCUT2D eigenvalue weighted by atomic mass is 10.0. The lowest BCUT2D eigenvalue weighted by Gasteiger charge is -2.35. The second kappa shape index (κ2) is 9.01. The Morgan fingerprint density at radius 3 is 2.85 bits per heavy atom. The van der Waals surface area contributed by atoms with Gasteiger partial charge >= 0.3 is 0 Å². The van der Waals surface area contributed by atoms with Gasteiger partial charge in [0.1, 0.15) is 4.88 Å². The van der Waals surface area contributed by atoms with E-state index in [4.69, 9.17) is 5.73 Å². The first-order valence-electron chi connectivity index (χ1n) is 9.12. The van der Waals surface area contributed by atoms with Crippen molar-refractivity contribution >= 4 is 23.2 Å². The molecule has 1 atom stereocenters. The largest absolute Gasteiger partial charge is 0.354 e. The van der Waals surface area contributed by atoms with Crippen molar-refractivity contribution < 1.29 is 9.59 Å². The first kappa shape index (κ1) is 19.4. The number of hydrogen-bond donors (Lipinski definition) is 2. The van der Waals surface area contributed by atoms with Crippen LogP contribution in [0.5, 0.6) is 0 Å². The van der Waals surface area contributed by atoms with Gasteiger partial charge in [-0.25, -0.2) is 15.0 Å². The number of aromatic nitrogens is 3. The predicted octanol–water partition coefficient (Wildman–Crippen LogP) is 1.37. The molecule has 2 aromatic rings. The van der Waals surface area contributed by atoms with Crippen molar-refractivity contribution in [1.82, 2.24) is 25.2 Å². The third-order valence-corrected chi connectivity index (χ3v) is 5.68. The maximum Gasteiger partial charge on any atom is 0.266 e. The van der Waals surface area contributed by atoms with Gasteiger partial charge in [-0.2, -0.15) is 0 Å². The molecule has 2 aromatic heterocycles. The molecule has 144 valence electrons. The lowest BCUT2D eigenvalue weighted by molar-refractivity contribution is -0.121. The topological polar surface area (TPSA) is 114 Å². The molecule has 1 aliphatic rings. The highest BCUT2D eigenvalue weighted by Crippen LogP contribution is 2.28. The van der Waals surface area contributed by atoms with Crippen LogP contribution in [0, 0.1) is 6.92 Å². The van der Waals surface area contributed by atoms with E-state index in [1.54, 1.807) is 18.5 Å². The second-order valence-electron chi connectivity index (χ2n) is 6.50. The Hall–Kier alpha value is -2.39. The molecule has 1 unspecified atom stereocenters. The fourth-order valence-electron chi connectivity index (χ4n) is 3.16. The highest BCUT2D eigenvalue weighted by Gasteiger charge is 2.30. The van der Waals surface area contributed by atoms with Gasteiger partial charge in [0.05, 0.1) is 5.69 Å². The van der Waals surface area contributed by atoms with E-state index in [1.165, 1.54) is 11.3 Å². The van der Waals surface area contributed by atoms with Crippen LogP contribution in [0.1, 0.15) is 41.0 Å². The lowest BCUT2D eigenvalue weighted by Crippen LogP contribution is -2.49. The Morgan fingerprint density at radius 1 is 1.33 bits per heavy atom. The van der Waals surface area contributed by atoms with Crippen molar-refractivity contribution in [3.05, 3.63) is 29.0 Å². The number of carbonyl (C=O) groups excluding carboxylic acids is 2. The van der Waals surface area contributed by atoms with E-state index in [0.29, 0.717) is 47.5 Å². The molecule has 1 aliphatic heterocycles. The maximum atomic E-state index is 13.2. The highest BCUT2D eigenvalue weighted by atomic mass is 32.1. The van der Waals surface area contributed by atoms with E-state index in [1.807, 2.05) is 11.8 Å². The number of amides is 2. The van der Waals surface area contributed by atoms with Crippen LogP contribution in [0.15, 0.2) is 18.5 Å². The van der Waals surface area contributed by atoms with E-state index in [2.05, 4.69) is 20.3 Å². The summed E-state index contributed by atoms with van der Waals surface area (Å²) in [6.07, 6.45) is 6.50. The van der Waals surface area contributed by atoms with Gasteiger partial charge in [0.2, 0.25) is 5.91 Å². The quantitative estimate of drug-likeness (QED) is 0.772. The number of aryl methyl sites for hydroxylation is 1. The maximum absolute atomic E-state index is 13.2.